The first-order chi connectivity index (χ1) is 9.43. The van der Waals surface area contributed by atoms with E-state index in [9.17, 15) is 0 Å². The highest BCUT2D eigenvalue weighted by Gasteiger charge is 1.93. The summed E-state index contributed by atoms with van der Waals surface area (Å²) in [4.78, 5) is 2.63. The van der Waals surface area contributed by atoms with Crippen molar-refractivity contribution in [2.45, 2.75) is 6.61 Å². The number of ether oxygens (including phenoxy) is 3. The molecule has 6 heteroatoms. The van der Waals surface area contributed by atoms with Gasteiger partial charge in [-0.3, -0.25) is 0 Å². The molecule has 0 aliphatic rings. The van der Waals surface area contributed by atoms with Crippen LogP contribution in [0.25, 0.3) is 10.4 Å². The molecule has 1 rings (SSSR count). The lowest BCUT2D eigenvalue weighted by atomic mass is 10.2. The van der Waals surface area contributed by atoms with Gasteiger partial charge in [0.15, 0.2) is 0 Å². The summed E-state index contributed by atoms with van der Waals surface area (Å²) >= 11 is 0. The molecule has 6 nitrogen and oxygen atoms in total. The summed E-state index contributed by atoms with van der Waals surface area (Å²) in [6.45, 7) is 3.52. The van der Waals surface area contributed by atoms with E-state index >= 15 is 0 Å². The molecule has 0 aliphatic heterocycles. The lowest BCUT2D eigenvalue weighted by molar-refractivity contribution is 0.0119. The van der Waals surface area contributed by atoms with Crippen LogP contribution >= 0.6 is 0 Å². The van der Waals surface area contributed by atoms with Gasteiger partial charge in [0, 0.05) is 11.5 Å². The van der Waals surface area contributed by atoms with Crippen LogP contribution in [0.15, 0.2) is 35.4 Å². The Morgan fingerprint density at radius 3 is 2.21 bits per heavy atom. The third-order valence-corrected chi connectivity index (χ3v) is 2.25. The zero-order valence-corrected chi connectivity index (χ0v) is 10.9. The molecule has 0 amide bonds. The van der Waals surface area contributed by atoms with Gasteiger partial charge in [-0.05, 0) is 11.1 Å². The number of benzene rings is 1. The van der Waals surface area contributed by atoms with Crippen LogP contribution in [-0.4, -0.2) is 39.6 Å². The van der Waals surface area contributed by atoms with Gasteiger partial charge in [-0.15, -0.1) is 0 Å². The van der Waals surface area contributed by atoms with Gasteiger partial charge in [-0.2, -0.15) is 0 Å². The van der Waals surface area contributed by atoms with E-state index < -0.39 is 0 Å². The van der Waals surface area contributed by atoms with Crippen molar-refractivity contribution in [2.24, 2.45) is 5.11 Å². The van der Waals surface area contributed by atoms with E-state index in [0.29, 0.717) is 46.2 Å². The third-order valence-electron chi connectivity index (χ3n) is 2.25. The Labute approximate surface area is 112 Å². The van der Waals surface area contributed by atoms with Gasteiger partial charge >= 0.3 is 0 Å². The molecule has 0 N–H and O–H groups in total. The SMILES string of the molecule is [N-]=[N+]=NCCOCCOCCOCc1ccccc1. The fourth-order valence-corrected chi connectivity index (χ4v) is 1.35. The first-order valence-electron chi connectivity index (χ1n) is 6.21. The fourth-order valence-electron chi connectivity index (χ4n) is 1.35. The van der Waals surface area contributed by atoms with Gasteiger partial charge in [-0.1, -0.05) is 35.4 Å². The molecule has 0 radical (unpaired) electrons. The number of hydrogen-bond acceptors (Lipinski definition) is 4. The summed E-state index contributed by atoms with van der Waals surface area (Å²) < 4.78 is 16.0. The van der Waals surface area contributed by atoms with Gasteiger partial charge in [0.25, 0.3) is 0 Å². The van der Waals surface area contributed by atoms with Crippen molar-refractivity contribution >= 4 is 0 Å². The summed E-state index contributed by atoms with van der Waals surface area (Å²) in [6, 6.07) is 10.0. The molecule has 0 fully saturated rings. The number of hydrogen-bond donors (Lipinski definition) is 0. The maximum Gasteiger partial charge on any atom is 0.0718 e. The third kappa shape index (κ3) is 9.04. The molecule has 0 heterocycles. The Hall–Kier alpha value is -1.59. The molecule has 0 spiro atoms. The molecule has 0 atom stereocenters. The second-order valence-electron chi connectivity index (χ2n) is 3.72. The van der Waals surface area contributed by atoms with E-state index in [4.69, 9.17) is 19.7 Å². The highest BCUT2D eigenvalue weighted by atomic mass is 16.5. The predicted octanol–water partition coefficient (Wildman–Crippen LogP) is 2.55. The van der Waals surface area contributed by atoms with Crippen molar-refractivity contribution < 1.29 is 14.2 Å². The predicted molar refractivity (Wildman–Crippen MR) is 71.7 cm³/mol. The second-order valence-corrected chi connectivity index (χ2v) is 3.72. The van der Waals surface area contributed by atoms with Gasteiger partial charge in [-0.25, -0.2) is 0 Å². The summed E-state index contributed by atoms with van der Waals surface area (Å²) in [5.74, 6) is 0. The Bertz CT molecular complexity index is 367. The summed E-state index contributed by atoms with van der Waals surface area (Å²) in [5.41, 5.74) is 9.19. The standard InChI is InChI=1S/C13H19N3O3/c14-16-15-6-7-17-8-9-18-10-11-19-12-13-4-2-1-3-5-13/h1-5H,6-12H2. The minimum atomic E-state index is 0.358. The normalized spacial score (nSPS) is 10.1. The van der Waals surface area contributed by atoms with E-state index in [-0.39, 0.29) is 0 Å². The van der Waals surface area contributed by atoms with E-state index in [1.807, 2.05) is 30.3 Å². The molecule has 0 unspecified atom stereocenters. The Morgan fingerprint density at radius 2 is 1.53 bits per heavy atom. The topological polar surface area (TPSA) is 76.5 Å². The molecule has 0 saturated heterocycles. The molecular weight excluding hydrogens is 246 g/mol. The Morgan fingerprint density at radius 1 is 0.895 bits per heavy atom. The minimum absolute atomic E-state index is 0.358. The maximum atomic E-state index is 8.04. The Kier molecular flexibility index (Phi) is 9.36. The van der Waals surface area contributed by atoms with Crippen LogP contribution in [0.4, 0.5) is 0 Å². The molecule has 0 aliphatic carbocycles. The zero-order valence-electron chi connectivity index (χ0n) is 10.9. The van der Waals surface area contributed by atoms with Crippen molar-refractivity contribution in [1.29, 1.82) is 0 Å². The molecule has 19 heavy (non-hydrogen) atoms. The van der Waals surface area contributed by atoms with Crippen LogP contribution in [0, 0.1) is 0 Å². The highest BCUT2D eigenvalue weighted by Crippen LogP contribution is 1.99. The fraction of sp³-hybridized carbons (Fsp3) is 0.538. The number of nitrogens with zero attached hydrogens (tertiary/aromatic N) is 3. The van der Waals surface area contributed by atoms with E-state index in [0.717, 1.165) is 5.56 Å². The molecule has 104 valence electrons. The van der Waals surface area contributed by atoms with Gasteiger partial charge in [0.2, 0.25) is 0 Å². The van der Waals surface area contributed by atoms with Crippen LogP contribution in [0.5, 0.6) is 0 Å². The maximum absolute atomic E-state index is 8.04. The molecule has 1 aromatic rings. The Balaban J connectivity index is 1.82. The molecule has 0 saturated carbocycles. The van der Waals surface area contributed by atoms with Crippen molar-refractivity contribution in [3.05, 3.63) is 46.3 Å². The van der Waals surface area contributed by atoms with Gasteiger partial charge in [0.1, 0.15) is 0 Å². The smallest absolute Gasteiger partial charge is 0.0718 e. The molecular formula is C13H19N3O3. The zero-order chi connectivity index (χ0) is 13.6. The molecule has 0 aromatic heterocycles. The quantitative estimate of drug-likeness (QED) is 0.267. The van der Waals surface area contributed by atoms with Crippen molar-refractivity contribution in [3.63, 3.8) is 0 Å². The number of rotatable bonds is 11. The summed E-state index contributed by atoms with van der Waals surface area (Å²) in [7, 11) is 0. The highest BCUT2D eigenvalue weighted by molar-refractivity contribution is 5.13. The van der Waals surface area contributed by atoms with Crippen molar-refractivity contribution in [3.8, 4) is 0 Å². The first kappa shape index (κ1) is 15.5. The average molecular weight is 265 g/mol. The molecule has 1 aromatic carbocycles. The average Bonchev–Trinajstić information content (AvgIpc) is 2.46. The van der Waals surface area contributed by atoms with E-state index in [1.54, 1.807) is 0 Å². The van der Waals surface area contributed by atoms with E-state index in [1.165, 1.54) is 0 Å². The van der Waals surface area contributed by atoms with Crippen molar-refractivity contribution in [1.82, 2.24) is 0 Å². The summed E-state index contributed by atoms with van der Waals surface area (Å²) in [5, 5.41) is 3.35. The lowest BCUT2D eigenvalue weighted by Crippen LogP contribution is -2.10. The van der Waals surface area contributed by atoms with Gasteiger partial charge in [0.05, 0.1) is 39.6 Å². The second kappa shape index (κ2) is 11.5. The van der Waals surface area contributed by atoms with Crippen LogP contribution in [0.2, 0.25) is 0 Å². The minimum Gasteiger partial charge on any atom is -0.379 e. The van der Waals surface area contributed by atoms with Crippen LogP contribution in [-0.2, 0) is 20.8 Å². The largest absolute Gasteiger partial charge is 0.379 e. The van der Waals surface area contributed by atoms with Crippen LogP contribution in [0.1, 0.15) is 5.56 Å². The first-order valence-corrected chi connectivity index (χ1v) is 6.21. The summed E-state index contributed by atoms with van der Waals surface area (Å²) in [6.07, 6.45) is 0. The number of azide groups is 1. The van der Waals surface area contributed by atoms with E-state index in [2.05, 4.69) is 10.0 Å². The van der Waals surface area contributed by atoms with Crippen LogP contribution in [0.3, 0.4) is 0 Å². The van der Waals surface area contributed by atoms with Gasteiger partial charge < -0.3 is 14.2 Å². The van der Waals surface area contributed by atoms with Crippen molar-refractivity contribution in [2.75, 3.05) is 39.6 Å². The monoisotopic (exact) mass is 265 g/mol. The lowest BCUT2D eigenvalue weighted by Gasteiger charge is -2.06. The molecule has 0 bridgehead atoms. The van der Waals surface area contributed by atoms with Crippen LogP contribution < -0.4 is 0 Å².